The molecule has 0 saturated heterocycles. The lowest BCUT2D eigenvalue weighted by Crippen LogP contribution is -2.23. The second-order valence-corrected chi connectivity index (χ2v) is 11.4. The highest BCUT2D eigenvalue weighted by Gasteiger charge is 2.23. The lowest BCUT2D eigenvalue weighted by molar-refractivity contribution is 0.0907. The van der Waals surface area contributed by atoms with Gasteiger partial charge in [0.1, 0.15) is 5.02 Å². The average molecular weight is 519 g/mol. The smallest absolute Gasteiger partial charge is 0.297 e. The van der Waals surface area contributed by atoms with Crippen LogP contribution in [0.5, 0.6) is 0 Å². The zero-order chi connectivity index (χ0) is 25.6. The van der Waals surface area contributed by atoms with Crippen LogP contribution in [0.15, 0.2) is 58.2 Å². The van der Waals surface area contributed by atoms with E-state index >= 15 is 0 Å². The van der Waals surface area contributed by atoms with Crippen LogP contribution >= 0.6 is 11.6 Å². The fourth-order valence-corrected chi connectivity index (χ4v) is 4.67. The molecule has 0 aliphatic rings. The molecular formula is C26H31ClN2O5S. The topological polar surface area (TPSA) is 98.3 Å². The molecule has 0 radical (unpaired) electrons. The summed E-state index contributed by atoms with van der Waals surface area (Å²) in [6.07, 6.45) is 1.31. The van der Waals surface area contributed by atoms with Gasteiger partial charge < -0.3 is 4.74 Å². The number of ether oxygens (including phenoxy) is 1. The number of nitrogens with zero attached hydrogens (tertiary/aromatic N) is 1. The molecule has 0 aliphatic carbocycles. The van der Waals surface area contributed by atoms with Crippen LogP contribution in [-0.4, -0.2) is 31.8 Å². The molecule has 35 heavy (non-hydrogen) atoms. The summed E-state index contributed by atoms with van der Waals surface area (Å²) in [4.78, 5) is 12.1. The Morgan fingerprint density at radius 3 is 2.20 bits per heavy atom. The molecule has 188 valence electrons. The minimum atomic E-state index is -3.79. The first kappa shape index (κ1) is 27.1. The van der Waals surface area contributed by atoms with E-state index in [1.807, 2.05) is 52.0 Å². The van der Waals surface area contributed by atoms with Gasteiger partial charge in [-0.25, -0.2) is 5.10 Å². The van der Waals surface area contributed by atoms with E-state index in [2.05, 4.69) is 10.2 Å². The van der Waals surface area contributed by atoms with Crippen molar-refractivity contribution >= 4 is 21.7 Å². The predicted molar refractivity (Wildman–Crippen MR) is 136 cm³/mol. The molecule has 0 atom stereocenters. The van der Waals surface area contributed by atoms with E-state index in [1.165, 1.54) is 12.1 Å². The minimum absolute atomic E-state index is 0.0601. The maximum atomic E-state index is 12.2. The fraction of sp³-hybridized carbons (Fsp3) is 0.385. The first-order valence-electron chi connectivity index (χ1n) is 11.4. The van der Waals surface area contributed by atoms with Crippen LogP contribution < -0.4 is 5.56 Å². The highest BCUT2D eigenvalue weighted by Crippen LogP contribution is 2.27. The SMILES string of the molecule is Cc1ccc(S(=O)(=O)OCCOCc2ccc(CCc3c(C(C)(C)C)n[nH]c(=O)c3Cl)cc2)cc1. The van der Waals surface area contributed by atoms with E-state index in [0.717, 1.165) is 27.9 Å². The van der Waals surface area contributed by atoms with Gasteiger partial charge in [0.2, 0.25) is 0 Å². The normalized spacial score (nSPS) is 12.1. The quantitative estimate of drug-likeness (QED) is 0.307. The standard InChI is InChI=1S/C26H31ClN2O5S/c1-18-5-12-21(13-6-18)35(31,32)34-16-15-33-17-20-9-7-19(8-10-20)11-14-22-23(27)25(30)29-28-24(22)26(2,3)4/h5-10,12-13H,11,14-17H2,1-4H3,(H,29,30). The summed E-state index contributed by atoms with van der Waals surface area (Å²) in [6.45, 7) is 8.42. The van der Waals surface area contributed by atoms with Crippen molar-refractivity contribution in [1.82, 2.24) is 10.2 Å². The Morgan fingerprint density at radius 1 is 0.943 bits per heavy atom. The number of aryl methyl sites for hydroxylation is 2. The van der Waals surface area contributed by atoms with Gasteiger partial charge in [-0.1, -0.05) is 74.3 Å². The number of aromatic nitrogens is 2. The van der Waals surface area contributed by atoms with Gasteiger partial charge in [0.15, 0.2) is 0 Å². The zero-order valence-electron chi connectivity index (χ0n) is 20.4. The molecule has 3 rings (SSSR count). The van der Waals surface area contributed by atoms with Crippen LogP contribution in [0.1, 0.15) is 48.7 Å². The number of rotatable bonds is 10. The fourth-order valence-electron chi connectivity index (χ4n) is 3.55. The largest absolute Gasteiger partial charge is 0.374 e. The third-order valence-electron chi connectivity index (χ3n) is 5.46. The van der Waals surface area contributed by atoms with Crippen LogP contribution in [-0.2, 0) is 43.9 Å². The zero-order valence-corrected chi connectivity index (χ0v) is 22.0. The molecule has 0 saturated carbocycles. The van der Waals surface area contributed by atoms with Crippen molar-refractivity contribution in [3.05, 3.63) is 91.9 Å². The molecule has 1 N–H and O–H groups in total. The van der Waals surface area contributed by atoms with Gasteiger partial charge in [-0.05, 0) is 43.0 Å². The number of hydrogen-bond donors (Lipinski definition) is 1. The van der Waals surface area contributed by atoms with Crippen molar-refractivity contribution in [2.75, 3.05) is 13.2 Å². The van der Waals surface area contributed by atoms with E-state index in [4.69, 9.17) is 20.5 Å². The summed E-state index contributed by atoms with van der Waals surface area (Å²) in [6, 6.07) is 14.4. The second-order valence-electron chi connectivity index (χ2n) is 9.40. The van der Waals surface area contributed by atoms with E-state index in [-0.39, 0.29) is 34.1 Å². The first-order chi connectivity index (χ1) is 16.5. The molecule has 0 spiro atoms. The molecule has 2 aromatic carbocycles. The maximum absolute atomic E-state index is 12.2. The Morgan fingerprint density at radius 2 is 1.57 bits per heavy atom. The van der Waals surface area contributed by atoms with E-state index < -0.39 is 10.1 Å². The number of benzene rings is 2. The molecule has 0 amide bonds. The van der Waals surface area contributed by atoms with Crippen molar-refractivity contribution in [1.29, 1.82) is 0 Å². The van der Waals surface area contributed by atoms with Gasteiger partial charge in [0, 0.05) is 11.0 Å². The molecule has 7 nitrogen and oxygen atoms in total. The Labute approximate surface area is 211 Å². The lowest BCUT2D eigenvalue weighted by atomic mass is 9.87. The third-order valence-corrected chi connectivity index (χ3v) is 7.19. The molecule has 1 heterocycles. The van der Waals surface area contributed by atoms with Crippen molar-refractivity contribution in [3.63, 3.8) is 0 Å². The van der Waals surface area contributed by atoms with Crippen molar-refractivity contribution < 1.29 is 17.3 Å². The van der Waals surface area contributed by atoms with Crippen LogP contribution in [0.3, 0.4) is 0 Å². The van der Waals surface area contributed by atoms with Crippen molar-refractivity contribution in [2.24, 2.45) is 0 Å². The Kier molecular flexibility index (Phi) is 8.88. The van der Waals surface area contributed by atoms with E-state index in [0.29, 0.717) is 19.4 Å². The molecule has 3 aromatic rings. The monoisotopic (exact) mass is 518 g/mol. The first-order valence-corrected chi connectivity index (χ1v) is 13.2. The number of aromatic amines is 1. The number of nitrogens with one attached hydrogen (secondary N) is 1. The predicted octanol–water partition coefficient (Wildman–Crippen LogP) is 4.74. The Balaban J connectivity index is 1.49. The highest BCUT2D eigenvalue weighted by molar-refractivity contribution is 7.86. The number of H-pyrrole nitrogens is 1. The molecule has 0 unspecified atom stereocenters. The van der Waals surface area contributed by atoms with E-state index in [1.54, 1.807) is 12.1 Å². The van der Waals surface area contributed by atoms with Gasteiger partial charge in [-0.2, -0.15) is 13.5 Å². The van der Waals surface area contributed by atoms with Crippen molar-refractivity contribution in [2.45, 2.75) is 57.5 Å². The van der Waals surface area contributed by atoms with Gasteiger partial charge in [-0.3, -0.25) is 8.98 Å². The summed E-state index contributed by atoms with van der Waals surface area (Å²) in [5.41, 5.74) is 3.98. The second kappa shape index (κ2) is 11.5. The van der Waals surface area contributed by atoms with Crippen LogP contribution in [0.4, 0.5) is 0 Å². The number of halogens is 1. The van der Waals surface area contributed by atoms with Gasteiger partial charge in [0.25, 0.3) is 15.7 Å². The summed E-state index contributed by atoms with van der Waals surface area (Å²) >= 11 is 6.30. The maximum Gasteiger partial charge on any atom is 0.297 e. The molecule has 9 heteroatoms. The molecule has 0 bridgehead atoms. The van der Waals surface area contributed by atoms with Crippen LogP contribution in [0.25, 0.3) is 0 Å². The molecular weight excluding hydrogens is 488 g/mol. The van der Waals surface area contributed by atoms with Gasteiger partial charge >= 0.3 is 0 Å². The Bertz CT molecular complexity index is 1300. The van der Waals surface area contributed by atoms with Crippen molar-refractivity contribution in [3.8, 4) is 0 Å². The van der Waals surface area contributed by atoms with Gasteiger partial charge in [-0.15, -0.1) is 0 Å². The highest BCUT2D eigenvalue weighted by atomic mass is 35.5. The van der Waals surface area contributed by atoms with Crippen LogP contribution in [0.2, 0.25) is 5.02 Å². The third kappa shape index (κ3) is 7.48. The average Bonchev–Trinajstić information content (AvgIpc) is 2.80. The molecule has 0 fully saturated rings. The minimum Gasteiger partial charge on any atom is -0.374 e. The van der Waals surface area contributed by atoms with Crippen LogP contribution in [0, 0.1) is 6.92 Å². The number of hydrogen-bond acceptors (Lipinski definition) is 6. The molecule has 1 aromatic heterocycles. The van der Waals surface area contributed by atoms with E-state index in [9.17, 15) is 13.2 Å². The summed E-state index contributed by atoms with van der Waals surface area (Å²) in [7, 11) is -3.79. The summed E-state index contributed by atoms with van der Waals surface area (Å²) < 4.78 is 35.0. The Hall–Kier alpha value is -2.52. The molecule has 0 aliphatic heterocycles. The lowest BCUT2D eigenvalue weighted by Gasteiger charge is -2.21. The van der Waals surface area contributed by atoms with Gasteiger partial charge in [0.05, 0.1) is 30.4 Å². The summed E-state index contributed by atoms with van der Waals surface area (Å²) in [5, 5.41) is 6.90. The summed E-state index contributed by atoms with van der Waals surface area (Å²) in [5.74, 6) is 0.